The molecule has 1 heterocycles. The minimum absolute atomic E-state index is 0.0414. The molecule has 1 aliphatic heterocycles. The van der Waals surface area contributed by atoms with Gasteiger partial charge in [-0.05, 0) is 35.7 Å². The fourth-order valence-electron chi connectivity index (χ4n) is 2.34. The van der Waals surface area contributed by atoms with E-state index in [0.29, 0.717) is 13.0 Å². The topological polar surface area (TPSA) is 67.1 Å². The Hall–Kier alpha value is -1.98. The van der Waals surface area contributed by atoms with Gasteiger partial charge in [-0.15, -0.1) is 0 Å². The number of hydrogen-bond donors (Lipinski definition) is 3. The Kier molecular flexibility index (Phi) is 5.86. The number of anilines is 2. The van der Waals surface area contributed by atoms with E-state index in [2.05, 4.69) is 16.7 Å². The molecule has 2 aromatic carbocycles. The maximum absolute atomic E-state index is 11.6. The van der Waals surface area contributed by atoms with E-state index >= 15 is 0 Å². The number of rotatable bonds is 2. The minimum Gasteiger partial charge on any atom is -0.382 e. The highest BCUT2D eigenvalue weighted by Gasteiger charge is 2.15. The second-order valence-electron chi connectivity index (χ2n) is 4.60. The smallest absolute Gasteiger partial charge is 0.226 e. The van der Waals surface area contributed by atoms with E-state index in [9.17, 15) is 4.79 Å². The standard InChI is InChI=1S/C15H15N3OS.C2H6/c16-20-11-4-1-3-10(9-11)12-5-2-6-13-15(12)17-8-7-14(19)18-13;1-2/h1-6,9,17H,7-8,16H2,(H,18,19);1-2H3. The maximum atomic E-state index is 11.6. The van der Waals surface area contributed by atoms with Gasteiger partial charge in [0.05, 0.1) is 11.4 Å². The number of carbonyl (C=O) groups is 1. The molecule has 0 fully saturated rings. The van der Waals surface area contributed by atoms with Crippen LogP contribution in [0.3, 0.4) is 0 Å². The summed E-state index contributed by atoms with van der Waals surface area (Å²) in [6.07, 6.45) is 0.479. The third-order valence-corrected chi connectivity index (χ3v) is 3.80. The Labute approximate surface area is 135 Å². The second-order valence-corrected chi connectivity index (χ2v) is 5.31. The molecule has 0 spiro atoms. The normalized spacial score (nSPS) is 13.0. The lowest BCUT2D eigenvalue weighted by molar-refractivity contribution is -0.115. The number of fused-ring (bicyclic) bond motifs is 1. The van der Waals surface area contributed by atoms with Crippen LogP contribution in [0.5, 0.6) is 0 Å². The molecule has 4 nitrogen and oxygen atoms in total. The zero-order valence-electron chi connectivity index (χ0n) is 12.8. The summed E-state index contributed by atoms with van der Waals surface area (Å²) in [6.45, 7) is 4.64. The summed E-state index contributed by atoms with van der Waals surface area (Å²) in [5, 5.41) is 11.9. The Morgan fingerprint density at radius 2 is 1.91 bits per heavy atom. The van der Waals surface area contributed by atoms with Crippen molar-refractivity contribution in [1.29, 1.82) is 0 Å². The molecular formula is C17H21N3OS. The van der Waals surface area contributed by atoms with E-state index in [4.69, 9.17) is 5.14 Å². The lowest BCUT2D eigenvalue weighted by Gasteiger charge is -2.14. The van der Waals surface area contributed by atoms with Crippen LogP contribution in [-0.4, -0.2) is 12.5 Å². The minimum atomic E-state index is 0.0414. The molecule has 0 aromatic heterocycles. The highest BCUT2D eigenvalue weighted by atomic mass is 32.2. The van der Waals surface area contributed by atoms with Crippen molar-refractivity contribution >= 4 is 29.2 Å². The van der Waals surface area contributed by atoms with Crippen LogP contribution in [0, 0.1) is 0 Å². The molecular weight excluding hydrogens is 294 g/mol. The van der Waals surface area contributed by atoms with Gasteiger partial charge in [-0.1, -0.05) is 38.1 Å². The largest absolute Gasteiger partial charge is 0.382 e. The summed E-state index contributed by atoms with van der Waals surface area (Å²) in [6, 6.07) is 14.0. The van der Waals surface area contributed by atoms with Crippen LogP contribution in [0.1, 0.15) is 20.3 Å². The van der Waals surface area contributed by atoms with Gasteiger partial charge in [0.2, 0.25) is 5.91 Å². The van der Waals surface area contributed by atoms with Crippen LogP contribution >= 0.6 is 11.9 Å². The van der Waals surface area contributed by atoms with Crippen LogP contribution in [0.4, 0.5) is 11.4 Å². The third-order valence-electron chi connectivity index (χ3n) is 3.27. The average molecular weight is 315 g/mol. The number of para-hydroxylation sites is 1. The first-order chi connectivity index (χ1) is 10.8. The van der Waals surface area contributed by atoms with Crippen molar-refractivity contribution in [1.82, 2.24) is 0 Å². The second kappa shape index (κ2) is 7.87. The molecule has 0 unspecified atom stereocenters. The monoisotopic (exact) mass is 315 g/mol. The molecule has 1 amide bonds. The maximum Gasteiger partial charge on any atom is 0.226 e. The van der Waals surface area contributed by atoms with Gasteiger partial charge in [-0.25, -0.2) is 0 Å². The zero-order valence-corrected chi connectivity index (χ0v) is 13.7. The van der Waals surface area contributed by atoms with Crippen LogP contribution in [-0.2, 0) is 4.79 Å². The van der Waals surface area contributed by atoms with Gasteiger partial charge < -0.3 is 10.6 Å². The van der Waals surface area contributed by atoms with E-state index in [0.717, 1.165) is 27.4 Å². The Bertz CT molecular complexity index is 658. The molecule has 116 valence electrons. The predicted molar refractivity (Wildman–Crippen MR) is 95.0 cm³/mol. The molecule has 0 saturated carbocycles. The van der Waals surface area contributed by atoms with E-state index < -0.39 is 0 Å². The zero-order chi connectivity index (χ0) is 15.9. The van der Waals surface area contributed by atoms with Gasteiger partial charge in [-0.3, -0.25) is 9.93 Å². The average Bonchev–Trinajstić information content (AvgIpc) is 2.77. The number of hydrogen-bond acceptors (Lipinski definition) is 4. The molecule has 1 aliphatic rings. The van der Waals surface area contributed by atoms with Gasteiger partial charge in [0.1, 0.15) is 0 Å². The van der Waals surface area contributed by atoms with Crippen molar-refractivity contribution < 1.29 is 4.79 Å². The molecule has 22 heavy (non-hydrogen) atoms. The lowest BCUT2D eigenvalue weighted by atomic mass is 10.0. The van der Waals surface area contributed by atoms with Crippen molar-refractivity contribution in [2.75, 3.05) is 17.2 Å². The molecule has 0 saturated heterocycles. The molecule has 0 radical (unpaired) electrons. The van der Waals surface area contributed by atoms with Gasteiger partial charge >= 0.3 is 0 Å². The van der Waals surface area contributed by atoms with E-state index in [-0.39, 0.29) is 5.91 Å². The molecule has 3 rings (SSSR count). The summed E-state index contributed by atoms with van der Waals surface area (Å²) >= 11 is 1.23. The van der Waals surface area contributed by atoms with Crippen molar-refractivity contribution in [3.05, 3.63) is 42.5 Å². The van der Waals surface area contributed by atoms with Gasteiger partial charge in [0.15, 0.2) is 0 Å². The summed E-state index contributed by atoms with van der Waals surface area (Å²) in [7, 11) is 0. The highest BCUT2D eigenvalue weighted by molar-refractivity contribution is 7.97. The predicted octanol–water partition coefficient (Wildman–Crippen LogP) is 4.10. The first-order valence-corrected chi connectivity index (χ1v) is 8.30. The van der Waals surface area contributed by atoms with E-state index in [1.54, 1.807) is 0 Å². The number of benzene rings is 2. The SMILES string of the molecule is CC.NSc1cccc(-c2cccc3c2NCCC(=O)N3)c1. The number of amides is 1. The Morgan fingerprint density at radius 1 is 1.14 bits per heavy atom. The fourth-order valence-corrected chi connectivity index (χ4v) is 2.69. The van der Waals surface area contributed by atoms with E-state index in [1.807, 2.05) is 50.2 Å². The van der Waals surface area contributed by atoms with Crippen LogP contribution < -0.4 is 15.8 Å². The summed E-state index contributed by atoms with van der Waals surface area (Å²) in [4.78, 5) is 12.6. The van der Waals surface area contributed by atoms with Crippen molar-refractivity contribution in [3.63, 3.8) is 0 Å². The van der Waals surface area contributed by atoms with Crippen LogP contribution in [0.2, 0.25) is 0 Å². The first-order valence-electron chi connectivity index (χ1n) is 7.42. The molecule has 0 aliphatic carbocycles. The molecule has 0 bridgehead atoms. The Balaban J connectivity index is 0.000000847. The number of nitrogens with two attached hydrogens (primary N) is 1. The highest BCUT2D eigenvalue weighted by Crippen LogP contribution is 2.36. The lowest BCUT2D eigenvalue weighted by Crippen LogP contribution is -2.10. The molecule has 0 atom stereocenters. The van der Waals surface area contributed by atoms with Crippen LogP contribution in [0.25, 0.3) is 11.1 Å². The summed E-state index contributed by atoms with van der Waals surface area (Å²) in [5.41, 5.74) is 3.95. The molecule has 2 aromatic rings. The summed E-state index contributed by atoms with van der Waals surface area (Å²) < 4.78 is 0. The fraction of sp³-hybridized carbons (Fsp3) is 0.235. The first kappa shape index (κ1) is 16.4. The summed E-state index contributed by atoms with van der Waals surface area (Å²) in [5.74, 6) is 0.0414. The number of carbonyl (C=O) groups excluding carboxylic acids is 1. The van der Waals surface area contributed by atoms with Crippen LogP contribution in [0.15, 0.2) is 47.4 Å². The molecule has 4 N–H and O–H groups in total. The van der Waals surface area contributed by atoms with Crippen molar-refractivity contribution in [2.45, 2.75) is 25.2 Å². The Morgan fingerprint density at radius 3 is 2.68 bits per heavy atom. The molecule has 5 heteroatoms. The van der Waals surface area contributed by atoms with Crippen molar-refractivity contribution in [2.24, 2.45) is 5.14 Å². The quantitative estimate of drug-likeness (QED) is 0.730. The number of nitrogens with one attached hydrogen (secondary N) is 2. The third kappa shape index (κ3) is 3.61. The van der Waals surface area contributed by atoms with E-state index in [1.165, 1.54) is 11.9 Å². The van der Waals surface area contributed by atoms with Gasteiger partial charge in [0.25, 0.3) is 0 Å². The van der Waals surface area contributed by atoms with Gasteiger partial charge in [-0.2, -0.15) is 0 Å². The van der Waals surface area contributed by atoms with Crippen molar-refractivity contribution in [3.8, 4) is 11.1 Å². The van der Waals surface area contributed by atoms with Gasteiger partial charge in [0, 0.05) is 23.4 Å².